The van der Waals surface area contributed by atoms with Crippen molar-refractivity contribution in [2.24, 2.45) is 0 Å². The number of rotatable bonds is 3. The lowest BCUT2D eigenvalue weighted by molar-refractivity contribution is 0.110. The van der Waals surface area contributed by atoms with E-state index in [-0.39, 0.29) is 5.76 Å². The van der Waals surface area contributed by atoms with Gasteiger partial charge in [0.25, 0.3) is 0 Å². The topological polar surface area (TPSA) is 48.7 Å². The average Bonchev–Trinajstić information content (AvgIpc) is 2.88. The summed E-state index contributed by atoms with van der Waals surface area (Å²) < 4.78 is 16.4. The lowest BCUT2D eigenvalue weighted by Crippen LogP contribution is -1.90. The first-order chi connectivity index (χ1) is 9.30. The quantitative estimate of drug-likeness (QED) is 0.674. The van der Waals surface area contributed by atoms with E-state index in [1.54, 1.807) is 20.3 Å². The molecule has 3 aromatic rings. The molecule has 1 heterocycles. The van der Waals surface area contributed by atoms with Crippen LogP contribution in [0.1, 0.15) is 10.6 Å². The van der Waals surface area contributed by atoms with E-state index in [1.165, 1.54) is 0 Å². The summed E-state index contributed by atoms with van der Waals surface area (Å²) in [4.78, 5) is 10.9. The van der Waals surface area contributed by atoms with Crippen LogP contribution in [0.15, 0.2) is 34.7 Å². The van der Waals surface area contributed by atoms with Gasteiger partial charge in [0, 0.05) is 10.8 Å². The first-order valence-electron chi connectivity index (χ1n) is 5.81. The number of aldehydes is 1. The Morgan fingerprint density at radius 1 is 1.00 bits per heavy atom. The minimum absolute atomic E-state index is 0.252. The van der Waals surface area contributed by atoms with Crippen molar-refractivity contribution in [2.45, 2.75) is 0 Å². The Morgan fingerprint density at radius 2 is 1.63 bits per heavy atom. The number of methoxy groups -OCH3 is 2. The molecule has 0 spiro atoms. The largest absolute Gasteiger partial charge is 0.495 e. The Labute approximate surface area is 109 Å². The van der Waals surface area contributed by atoms with Gasteiger partial charge in [0.1, 0.15) is 5.75 Å². The van der Waals surface area contributed by atoms with Gasteiger partial charge in [-0.3, -0.25) is 4.79 Å². The monoisotopic (exact) mass is 256 g/mol. The molecule has 0 aliphatic heterocycles. The lowest BCUT2D eigenvalue weighted by Gasteiger charge is -2.10. The molecular weight excluding hydrogens is 244 g/mol. The molecule has 3 rings (SSSR count). The van der Waals surface area contributed by atoms with E-state index in [1.807, 2.05) is 24.3 Å². The summed E-state index contributed by atoms with van der Waals surface area (Å²) in [5.74, 6) is 1.55. The van der Waals surface area contributed by atoms with E-state index in [9.17, 15) is 4.79 Å². The summed E-state index contributed by atoms with van der Waals surface area (Å²) in [5.41, 5.74) is 0.528. The van der Waals surface area contributed by atoms with Crippen molar-refractivity contribution >= 4 is 28.0 Å². The fraction of sp³-hybridized carbons (Fsp3) is 0.133. The van der Waals surface area contributed by atoms with Crippen molar-refractivity contribution < 1.29 is 18.7 Å². The second-order valence-electron chi connectivity index (χ2n) is 4.12. The SMILES string of the molecule is COc1c2ccccc2c(OC)c2oc(C=O)cc12. The number of fused-ring (bicyclic) bond motifs is 2. The molecule has 0 aliphatic rings. The van der Waals surface area contributed by atoms with E-state index in [0.717, 1.165) is 16.2 Å². The fourth-order valence-corrected chi connectivity index (χ4v) is 2.37. The van der Waals surface area contributed by atoms with Crippen LogP contribution in [0.4, 0.5) is 0 Å². The zero-order valence-electron chi connectivity index (χ0n) is 10.6. The minimum atomic E-state index is 0.252. The van der Waals surface area contributed by atoms with E-state index in [4.69, 9.17) is 13.9 Å². The lowest BCUT2D eigenvalue weighted by atomic mass is 10.1. The molecule has 2 aromatic carbocycles. The van der Waals surface area contributed by atoms with Gasteiger partial charge in [0.05, 0.1) is 19.6 Å². The molecule has 0 N–H and O–H groups in total. The van der Waals surface area contributed by atoms with Gasteiger partial charge in [-0.25, -0.2) is 0 Å². The van der Waals surface area contributed by atoms with Crippen molar-refractivity contribution in [3.8, 4) is 11.5 Å². The summed E-state index contributed by atoms with van der Waals surface area (Å²) >= 11 is 0. The van der Waals surface area contributed by atoms with Crippen molar-refractivity contribution in [1.29, 1.82) is 0 Å². The second-order valence-corrected chi connectivity index (χ2v) is 4.12. The number of hydrogen-bond acceptors (Lipinski definition) is 4. The third-order valence-corrected chi connectivity index (χ3v) is 3.14. The summed E-state index contributed by atoms with van der Waals surface area (Å²) in [7, 11) is 3.18. The molecule has 0 amide bonds. The smallest absolute Gasteiger partial charge is 0.185 e. The molecule has 0 unspecified atom stereocenters. The summed E-state index contributed by atoms with van der Waals surface area (Å²) in [6, 6.07) is 9.38. The normalized spacial score (nSPS) is 10.8. The highest BCUT2D eigenvalue weighted by Gasteiger charge is 2.19. The molecule has 0 saturated carbocycles. The Hall–Kier alpha value is -2.49. The fourth-order valence-electron chi connectivity index (χ4n) is 2.37. The number of carbonyl (C=O) groups excluding carboxylic acids is 1. The highest BCUT2D eigenvalue weighted by Crippen LogP contribution is 2.43. The zero-order valence-corrected chi connectivity index (χ0v) is 10.6. The third-order valence-electron chi connectivity index (χ3n) is 3.14. The van der Waals surface area contributed by atoms with Crippen LogP contribution in [0.25, 0.3) is 21.7 Å². The van der Waals surface area contributed by atoms with Gasteiger partial charge in [-0.15, -0.1) is 0 Å². The van der Waals surface area contributed by atoms with Crippen LogP contribution in [0.5, 0.6) is 11.5 Å². The molecule has 4 nitrogen and oxygen atoms in total. The highest BCUT2D eigenvalue weighted by molar-refractivity contribution is 6.10. The molecule has 0 saturated heterocycles. The first-order valence-corrected chi connectivity index (χ1v) is 5.81. The molecule has 0 atom stereocenters. The van der Waals surface area contributed by atoms with Crippen LogP contribution < -0.4 is 9.47 Å². The van der Waals surface area contributed by atoms with Gasteiger partial charge < -0.3 is 13.9 Å². The maximum Gasteiger partial charge on any atom is 0.185 e. The Bertz CT molecular complexity index is 710. The predicted octanol–water partition coefficient (Wildman–Crippen LogP) is 3.42. The van der Waals surface area contributed by atoms with Crippen LogP contribution in [0.3, 0.4) is 0 Å². The number of benzene rings is 2. The summed E-state index contributed by atoms with van der Waals surface area (Å²) in [6.45, 7) is 0. The maximum absolute atomic E-state index is 10.9. The van der Waals surface area contributed by atoms with E-state index >= 15 is 0 Å². The standard InChI is InChI=1S/C15H12O4/c1-17-13-10-5-3-4-6-11(10)14(18-2)15-12(13)7-9(8-16)19-15/h3-8H,1-2H3. The zero-order chi connectivity index (χ0) is 13.4. The van der Waals surface area contributed by atoms with Gasteiger partial charge in [-0.05, 0) is 6.07 Å². The van der Waals surface area contributed by atoms with Crippen molar-refractivity contribution in [2.75, 3.05) is 14.2 Å². The van der Waals surface area contributed by atoms with E-state index < -0.39 is 0 Å². The summed E-state index contributed by atoms with van der Waals surface area (Å²) in [5, 5.41) is 2.55. The Morgan fingerprint density at radius 3 is 2.21 bits per heavy atom. The molecule has 4 heteroatoms. The molecule has 0 radical (unpaired) electrons. The van der Waals surface area contributed by atoms with Crippen LogP contribution in [-0.4, -0.2) is 20.5 Å². The van der Waals surface area contributed by atoms with E-state index in [0.29, 0.717) is 23.4 Å². The van der Waals surface area contributed by atoms with Gasteiger partial charge in [0.2, 0.25) is 0 Å². The Kier molecular flexibility index (Phi) is 2.63. The molecular formula is C15H12O4. The number of ether oxygens (including phenoxy) is 2. The minimum Gasteiger partial charge on any atom is -0.495 e. The van der Waals surface area contributed by atoms with Crippen LogP contribution in [0, 0.1) is 0 Å². The second kappa shape index (κ2) is 4.31. The number of hydrogen-bond donors (Lipinski definition) is 0. The van der Waals surface area contributed by atoms with Crippen LogP contribution in [-0.2, 0) is 0 Å². The summed E-state index contributed by atoms with van der Waals surface area (Å²) in [6.07, 6.45) is 0.670. The first kappa shape index (κ1) is 11.6. The Balaban J connectivity index is 2.57. The number of carbonyl (C=O) groups is 1. The molecule has 19 heavy (non-hydrogen) atoms. The molecule has 0 aliphatic carbocycles. The molecule has 0 bridgehead atoms. The van der Waals surface area contributed by atoms with Gasteiger partial charge in [-0.2, -0.15) is 0 Å². The van der Waals surface area contributed by atoms with Crippen molar-refractivity contribution in [3.05, 3.63) is 36.1 Å². The highest BCUT2D eigenvalue weighted by atomic mass is 16.5. The molecule has 1 aromatic heterocycles. The third kappa shape index (κ3) is 1.57. The van der Waals surface area contributed by atoms with Gasteiger partial charge in [-0.1, -0.05) is 24.3 Å². The van der Waals surface area contributed by atoms with Gasteiger partial charge >= 0.3 is 0 Å². The van der Waals surface area contributed by atoms with Crippen LogP contribution >= 0.6 is 0 Å². The van der Waals surface area contributed by atoms with Crippen molar-refractivity contribution in [3.63, 3.8) is 0 Å². The number of furan rings is 1. The van der Waals surface area contributed by atoms with Crippen LogP contribution in [0.2, 0.25) is 0 Å². The molecule has 0 fully saturated rings. The van der Waals surface area contributed by atoms with E-state index in [2.05, 4.69) is 0 Å². The predicted molar refractivity (Wildman–Crippen MR) is 72.2 cm³/mol. The molecule has 96 valence electrons. The average molecular weight is 256 g/mol. The maximum atomic E-state index is 10.9. The van der Waals surface area contributed by atoms with Crippen molar-refractivity contribution in [1.82, 2.24) is 0 Å². The van der Waals surface area contributed by atoms with Gasteiger partial charge in [0.15, 0.2) is 23.4 Å².